The average Bonchev–Trinajstić information content (AvgIpc) is 2.26. The first-order chi connectivity index (χ1) is 7.33. The first-order valence-corrected chi connectivity index (χ1v) is 5.27. The summed E-state index contributed by atoms with van der Waals surface area (Å²) in [6.45, 7) is 3.73. The van der Waals surface area contributed by atoms with Crippen LogP contribution in [0.5, 0.6) is 0 Å². The zero-order valence-electron chi connectivity index (χ0n) is 9.44. The van der Waals surface area contributed by atoms with E-state index in [-0.39, 0.29) is 0 Å². The Kier molecular flexibility index (Phi) is 5.74. The number of rotatable bonds is 6. The molecule has 0 bridgehead atoms. The summed E-state index contributed by atoms with van der Waals surface area (Å²) < 4.78 is 5.03. The monoisotopic (exact) mass is 205 g/mol. The minimum absolute atomic E-state index is 0.399. The lowest BCUT2D eigenvalue weighted by atomic mass is 10.2. The second-order valence-corrected chi connectivity index (χ2v) is 3.58. The second-order valence-electron chi connectivity index (χ2n) is 3.58. The summed E-state index contributed by atoms with van der Waals surface area (Å²) in [5.74, 6) is 0. The number of hydrogen-bond donors (Lipinski definition) is 1. The predicted molar refractivity (Wildman–Crippen MR) is 64.8 cm³/mol. The summed E-state index contributed by atoms with van der Waals surface area (Å²) in [5, 5.41) is 3.34. The zero-order chi connectivity index (χ0) is 10.9. The Balaban J connectivity index is 2.23. The maximum Gasteiger partial charge on any atom is 0.0613 e. The summed E-state index contributed by atoms with van der Waals surface area (Å²) in [7, 11) is 1.72. The molecule has 15 heavy (non-hydrogen) atoms. The van der Waals surface area contributed by atoms with E-state index in [1.54, 1.807) is 7.11 Å². The fraction of sp³-hybridized carbons (Fsp3) is 0.385. The molecule has 0 aromatic heterocycles. The second kappa shape index (κ2) is 7.21. The zero-order valence-corrected chi connectivity index (χ0v) is 9.44. The molecule has 1 rings (SSSR count). The lowest BCUT2D eigenvalue weighted by Gasteiger charge is -2.09. The quantitative estimate of drug-likeness (QED) is 0.769. The maximum absolute atomic E-state index is 5.03. The summed E-state index contributed by atoms with van der Waals surface area (Å²) in [4.78, 5) is 0. The molecule has 1 aromatic rings. The molecule has 1 aromatic carbocycles. The van der Waals surface area contributed by atoms with Gasteiger partial charge in [0, 0.05) is 19.7 Å². The number of nitrogens with one attached hydrogen (secondary N) is 1. The smallest absolute Gasteiger partial charge is 0.0613 e. The first-order valence-electron chi connectivity index (χ1n) is 5.27. The van der Waals surface area contributed by atoms with E-state index in [4.69, 9.17) is 4.74 Å². The molecule has 2 nitrogen and oxygen atoms in total. The molecule has 0 fully saturated rings. The molecule has 82 valence electrons. The minimum Gasteiger partial charge on any atom is -0.383 e. The van der Waals surface area contributed by atoms with Crippen LogP contribution in [0, 0.1) is 0 Å². The van der Waals surface area contributed by atoms with Crippen molar-refractivity contribution < 1.29 is 4.74 Å². The highest BCUT2D eigenvalue weighted by atomic mass is 16.5. The van der Waals surface area contributed by atoms with Crippen molar-refractivity contribution in [2.45, 2.75) is 13.0 Å². The largest absolute Gasteiger partial charge is 0.383 e. The van der Waals surface area contributed by atoms with Crippen molar-refractivity contribution in [1.82, 2.24) is 5.32 Å². The van der Waals surface area contributed by atoms with Gasteiger partial charge in [0.2, 0.25) is 0 Å². The molecule has 0 heterocycles. The van der Waals surface area contributed by atoms with Crippen LogP contribution in [0.1, 0.15) is 12.5 Å². The normalized spacial score (nSPS) is 13.2. The molecule has 0 aliphatic carbocycles. The highest BCUT2D eigenvalue weighted by molar-refractivity contribution is 5.48. The van der Waals surface area contributed by atoms with Crippen molar-refractivity contribution in [2.24, 2.45) is 0 Å². The fourth-order valence-corrected chi connectivity index (χ4v) is 1.34. The van der Waals surface area contributed by atoms with Crippen molar-refractivity contribution in [3.8, 4) is 0 Å². The van der Waals surface area contributed by atoms with Gasteiger partial charge in [0.15, 0.2) is 0 Å². The lowest BCUT2D eigenvalue weighted by molar-refractivity contribution is 0.174. The van der Waals surface area contributed by atoms with Gasteiger partial charge < -0.3 is 10.1 Å². The van der Waals surface area contributed by atoms with Gasteiger partial charge in [-0.25, -0.2) is 0 Å². The SMILES string of the molecule is COCC(C)NCC=Cc1ccccc1. The Hall–Kier alpha value is -1.12. The maximum atomic E-state index is 5.03. The summed E-state index contributed by atoms with van der Waals surface area (Å²) >= 11 is 0. The van der Waals surface area contributed by atoms with E-state index in [1.165, 1.54) is 5.56 Å². The van der Waals surface area contributed by atoms with Gasteiger partial charge in [-0.15, -0.1) is 0 Å². The molecule has 0 aliphatic heterocycles. The average molecular weight is 205 g/mol. The van der Waals surface area contributed by atoms with Gasteiger partial charge in [-0.2, -0.15) is 0 Å². The van der Waals surface area contributed by atoms with Crippen molar-refractivity contribution in [3.05, 3.63) is 42.0 Å². The van der Waals surface area contributed by atoms with E-state index in [2.05, 4.69) is 36.5 Å². The Morgan fingerprint density at radius 1 is 1.33 bits per heavy atom. The van der Waals surface area contributed by atoms with Gasteiger partial charge >= 0.3 is 0 Å². The predicted octanol–water partition coefficient (Wildman–Crippen LogP) is 2.32. The Bertz CT molecular complexity index is 282. The Morgan fingerprint density at radius 2 is 2.07 bits per heavy atom. The molecule has 0 saturated carbocycles. The Morgan fingerprint density at radius 3 is 2.73 bits per heavy atom. The van der Waals surface area contributed by atoms with E-state index in [1.807, 2.05) is 18.2 Å². The van der Waals surface area contributed by atoms with Crippen LogP contribution in [0.3, 0.4) is 0 Å². The van der Waals surface area contributed by atoms with Gasteiger partial charge in [-0.3, -0.25) is 0 Å². The molecule has 1 atom stereocenters. The number of benzene rings is 1. The third kappa shape index (κ3) is 5.35. The molecule has 1 N–H and O–H groups in total. The standard InChI is InChI=1S/C13H19NO/c1-12(11-15-2)14-10-6-9-13-7-4-3-5-8-13/h3-9,12,14H,10-11H2,1-2H3. The van der Waals surface area contributed by atoms with E-state index in [9.17, 15) is 0 Å². The number of methoxy groups -OCH3 is 1. The molecular weight excluding hydrogens is 186 g/mol. The van der Waals surface area contributed by atoms with Gasteiger partial charge in [0.05, 0.1) is 6.61 Å². The molecule has 0 aliphatic rings. The van der Waals surface area contributed by atoms with Crippen LogP contribution >= 0.6 is 0 Å². The summed E-state index contributed by atoms with van der Waals surface area (Å²) in [5.41, 5.74) is 1.23. The minimum atomic E-state index is 0.399. The van der Waals surface area contributed by atoms with Crippen LogP contribution in [-0.4, -0.2) is 26.3 Å². The van der Waals surface area contributed by atoms with Crippen LogP contribution in [0.15, 0.2) is 36.4 Å². The van der Waals surface area contributed by atoms with E-state index in [0.29, 0.717) is 6.04 Å². The van der Waals surface area contributed by atoms with Crippen molar-refractivity contribution >= 4 is 6.08 Å². The van der Waals surface area contributed by atoms with Crippen LogP contribution in [-0.2, 0) is 4.74 Å². The van der Waals surface area contributed by atoms with Gasteiger partial charge in [-0.1, -0.05) is 42.5 Å². The molecule has 0 radical (unpaired) electrons. The Labute approximate surface area is 92.0 Å². The van der Waals surface area contributed by atoms with Crippen molar-refractivity contribution in [2.75, 3.05) is 20.3 Å². The highest BCUT2D eigenvalue weighted by Crippen LogP contribution is 1.99. The van der Waals surface area contributed by atoms with Crippen LogP contribution in [0.4, 0.5) is 0 Å². The third-order valence-corrected chi connectivity index (χ3v) is 2.11. The van der Waals surface area contributed by atoms with Crippen LogP contribution in [0.2, 0.25) is 0 Å². The lowest BCUT2D eigenvalue weighted by Crippen LogP contribution is -2.30. The first kappa shape index (κ1) is 12.0. The van der Waals surface area contributed by atoms with Gasteiger partial charge in [0.25, 0.3) is 0 Å². The van der Waals surface area contributed by atoms with Crippen LogP contribution in [0.25, 0.3) is 6.08 Å². The van der Waals surface area contributed by atoms with Gasteiger partial charge in [-0.05, 0) is 12.5 Å². The highest BCUT2D eigenvalue weighted by Gasteiger charge is 1.96. The molecule has 0 spiro atoms. The number of ether oxygens (including phenoxy) is 1. The number of hydrogen-bond acceptors (Lipinski definition) is 2. The van der Waals surface area contributed by atoms with Gasteiger partial charge in [0.1, 0.15) is 0 Å². The summed E-state index contributed by atoms with van der Waals surface area (Å²) in [6.07, 6.45) is 4.24. The fourth-order valence-electron chi connectivity index (χ4n) is 1.34. The van der Waals surface area contributed by atoms with E-state index >= 15 is 0 Å². The molecule has 2 heteroatoms. The van der Waals surface area contributed by atoms with Crippen molar-refractivity contribution in [3.63, 3.8) is 0 Å². The molecule has 1 unspecified atom stereocenters. The summed E-state index contributed by atoms with van der Waals surface area (Å²) in [6, 6.07) is 10.7. The molecular formula is C13H19NO. The topological polar surface area (TPSA) is 21.3 Å². The van der Waals surface area contributed by atoms with Crippen LogP contribution < -0.4 is 5.32 Å². The third-order valence-electron chi connectivity index (χ3n) is 2.11. The van der Waals surface area contributed by atoms with E-state index in [0.717, 1.165) is 13.2 Å². The van der Waals surface area contributed by atoms with Crippen molar-refractivity contribution in [1.29, 1.82) is 0 Å². The van der Waals surface area contributed by atoms with E-state index < -0.39 is 0 Å². The molecule has 0 amide bonds. The molecule has 0 saturated heterocycles.